The first kappa shape index (κ1) is 23.8. The molecule has 0 atom stereocenters. The normalized spacial score (nSPS) is 19.6. The van der Waals surface area contributed by atoms with Gasteiger partial charge in [-0.1, -0.05) is 61.4 Å². The van der Waals surface area contributed by atoms with Crippen LogP contribution in [-0.4, -0.2) is 19.4 Å². The molecule has 1 saturated heterocycles. The lowest BCUT2D eigenvalue weighted by molar-refractivity contribution is -0.197. The minimum atomic E-state index is -4.66. The van der Waals surface area contributed by atoms with Crippen molar-refractivity contribution in [3.8, 4) is 23.0 Å². The van der Waals surface area contributed by atoms with Crippen LogP contribution < -0.4 is 0 Å². The van der Waals surface area contributed by atoms with Crippen LogP contribution in [0.5, 0.6) is 0 Å². The molecule has 0 saturated carbocycles. The predicted molar refractivity (Wildman–Crippen MR) is 117 cm³/mol. The molecule has 0 aromatic heterocycles. The molecule has 1 fully saturated rings. The molecule has 2 nitrogen and oxygen atoms in total. The largest absolute Gasteiger partial charge is 0.458 e. The van der Waals surface area contributed by atoms with E-state index < -0.39 is 18.3 Å². The number of allylic oxidation sites excluding steroid dienone is 1. The standard InChI is InChI=1S/C26H24F4O2/c1-4-18-15-31-25(32-16-18)21-8-6-20(7-9-21)22-10-11-23(17(3)14-22)24(27)19(5-2)12-13-26(28,29)30/h4,6-11,14,18,25H,1,5,15-16H2,2-3H3/b24-19-. The summed E-state index contributed by atoms with van der Waals surface area (Å²) in [7, 11) is 0. The second-order valence-corrected chi connectivity index (χ2v) is 7.54. The third kappa shape index (κ3) is 5.87. The highest BCUT2D eigenvalue weighted by Gasteiger charge is 2.24. The van der Waals surface area contributed by atoms with E-state index in [0.717, 1.165) is 22.6 Å². The van der Waals surface area contributed by atoms with Crippen molar-refractivity contribution >= 4 is 5.83 Å². The van der Waals surface area contributed by atoms with Crippen molar-refractivity contribution in [2.75, 3.05) is 13.2 Å². The fourth-order valence-electron chi connectivity index (χ4n) is 3.38. The molecule has 0 amide bonds. The maximum absolute atomic E-state index is 14.9. The van der Waals surface area contributed by atoms with E-state index in [1.165, 1.54) is 0 Å². The van der Waals surface area contributed by atoms with E-state index in [2.05, 4.69) is 6.58 Å². The lowest BCUT2D eigenvalue weighted by Gasteiger charge is -2.28. The number of aryl methyl sites for hydroxylation is 1. The van der Waals surface area contributed by atoms with Crippen molar-refractivity contribution in [3.05, 3.63) is 77.4 Å². The van der Waals surface area contributed by atoms with Crippen molar-refractivity contribution in [1.82, 2.24) is 0 Å². The van der Waals surface area contributed by atoms with Crippen LogP contribution in [0, 0.1) is 24.7 Å². The second kappa shape index (κ2) is 10.2. The summed E-state index contributed by atoms with van der Waals surface area (Å²) in [6, 6.07) is 12.8. The Morgan fingerprint density at radius 3 is 2.25 bits per heavy atom. The van der Waals surface area contributed by atoms with Gasteiger partial charge in [-0.05, 0) is 30.0 Å². The fourth-order valence-corrected chi connectivity index (χ4v) is 3.38. The Kier molecular flexibility index (Phi) is 7.55. The summed E-state index contributed by atoms with van der Waals surface area (Å²) in [5, 5.41) is 0. The molecule has 0 unspecified atom stereocenters. The summed E-state index contributed by atoms with van der Waals surface area (Å²) in [5.41, 5.74) is 3.35. The highest BCUT2D eigenvalue weighted by molar-refractivity contribution is 5.73. The summed E-state index contributed by atoms with van der Waals surface area (Å²) in [6.07, 6.45) is -3.20. The van der Waals surface area contributed by atoms with Crippen molar-refractivity contribution in [2.24, 2.45) is 5.92 Å². The Hall–Kier alpha value is -2.88. The Morgan fingerprint density at radius 2 is 1.72 bits per heavy atom. The monoisotopic (exact) mass is 444 g/mol. The first-order valence-corrected chi connectivity index (χ1v) is 10.3. The van der Waals surface area contributed by atoms with Gasteiger partial charge in [-0.2, -0.15) is 13.2 Å². The zero-order chi connectivity index (χ0) is 23.3. The number of halogens is 4. The zero-order valence-electron chi connectivity index (χ0n) is 17.9. The summed E-state index contributed by atoms with van der Waals surface area (Å²) < 4.78 is 63.5. The molecule has 0 bridgehead atoms. The molecular weight excluding hydrogens is 420 g/mol. The first-order chi connectivity index (χ1) is 15.2. The van der Waals surface area contributed by atoms with Crippen LogP contribution in [0.3, 0.4) is 0 Å². The lowest BCUT2D eigenvalue weighted by atomic mass is 9.97. The highest BCUT2D eigenvalue weighted by atomic mass is 19.4. The minimum absolute atomic E-state index is 0.0659. The van der Waals surface area contributed by atoms with Gasteiger partial charge < -0.3 is 9.47 Å². The van der Waals surface area contributed by atoms with E-state index in [1.54, 1.807) is 32.0 Å². The molecule has 0 aliphatic carbocycles. The summed E-state index contributed by atoms with van der Waals surface area (Å²) in [6.45, 7) is 8.15. The molecule has 0 N–H and O–H groups in total. The van der Waals surface area contributed by atoms with E-state index in [9.17, 15) is 17.6 Å². The van der Waals surface area contributed by atoms with E-state index >= 15 is 0 Å². The molecule has 2 aromatic rings. The molecule has 0 radical (unpaired) electrons. The SMILES string of the molecule is C=CC1COC(c2ccc(-c3ccc(/C(F)=C(/C#CC(F)(F)F)CC)c(C)c3)cc2)OC1. The molecule has 1 heterocycles. The number of hydrogen-bond donors (Lipinski definition) is 0. The molecule has 0 spiro atoms. The van der Waals surface area contributed by atoms with Crippen LogP contribution in [0.1, 0.15) is 36.3 Å². The maximum Gasteiger partial charge on any atom is 0.458 e. The van der Waals surface area contributed by atoms with E-state index in [4.69, 9.17) is 9.47 Å². The third-order valence-corrected chi connectivity index (χ3v) is 5.21. The first-order valence-electron chi connectivity index (χ1n) is 10.3. The van der Waals surface area contributed by atoms with E-state index in [-0.39, 0.29) is 23.5 Å². The Morgan fingerprint density at radius 1 is 1.09 bits per heavy atom. The predicted octanol–water partition coefficient (Wildman–Crippen LogP) is 7.17. The average Bonchev–Trinajstić information content (AvgIpc) is 2.78. The number of rotatable bonds is 5. The van der Waals surface area contributed by atoms with Crippen molar-refractivity contribution in [3.63, 3.8) is 0 Å². The van der Waals surface area contributed by atoms with Gasteiger partial charge in [0.25, 0.3) is 0 Å². The maximum atomic E-state index is 14.9. The zero-order valence-corrected chi connectivity index (χ0v) is 17.9. The number of hydrogen-bond acceptors (Lipinski definition) is 2. The molecule has 1 aliphatic heterocycles. The van der Waals surface area contributed by atoms with Crippen molar-refractivity contribution < 1.29 is 27.0 Å². The van der Waals surface area contributed by atoms with Crippen molar-refractivity contribution in [1.29, 1.82) is 0 Å². The van der Waals surface area contributed by atoms with Crippen LogP contribution in [0.2, 0.25) is 0 Å². The minimum Gasteiger partial charge on any atom is -0.348 e. The number of ether oxygens (including phenoxy) is 2. The molecule has 3 rings (SSSR count). The average molecular weight is 444 g/mol. The summed E-state index contributed by atoms with van der Waals surface area (Å²) in [5.74, 6) is 2.53. The summed E-state index contributed by atoms with van der Waals surface area (Å²) >= 11 is 0. The third-order valence-electron chi connectivity index (χ3n) is 5.21. The number of alkyl halides is 3. The van der Waals surface area contributed by atoms with Crippen LogP contribution in [0.25, 0.3) is 17.0 Å². The smallest absolute Gasteiger partial charge is 0.348 e. The van der Waals surface area contributed by atoms with E-state index in [0.29, 0.717) is 18.8 Å². The van der Waals surface area contributed by atoms with E-state index in [1.807, 2.05) is 36.3 Å². The number of benzene rings is 2. The van der Waals surface area contributed by atoms with Gasteiger partial charge in [-0.25, -0.2) is 4.39 Å². The van der Waals surface area contributed by atoms with Gasteiger partial charge in [0.15, 0.2) is 6.29 Å². The molecular formula is C26H24F4O2. The Labute approximate surface area is 185 Å². The van der Waals surface area contributed by atoms with Gasteiger partial charge in [0.1, 0.15) is 5.83 Å². The Bertz CT molecular complexity index is 1050. The molecule has 2 aromatic carbocycles. The molecule has 1 aliphatic rings. The lowest BCUT2D eigenvalue weighted by Crippen LogP contribution is -2.25. The van der Waals surface area contributed by atoms with Gasteiger partial charge in [-0.15, -0.1) is 6.58 Å². The molecule has 32 heavy (non-hydrogen) atoms. The fraction of sp³-hybridized carbons (Fsp3) is 0.308. The van der Waals surface area contributed by atoms with Crippen LogP contribution in [0.15, 0.2) is 60.7 Å². The van der Waals surface area contributed by atoms with Gasteiger partial charge in [-0.3, -0.25) is 0 Å². The second-order valence-electron chi connectivity index (χ2n) is 7.54. The van der Waals surface area contributed by atoms with Crippen LogP contribution in [-0.2, 0) is 9.47 Å². The van der Waals surface area contributed by atoms with Crippen LogP contribution in [0.4, 0.5) is 17.6 Å². The highest BCUT2D eigenvalue weighted by Crippen LogP contribution is 2.31. The van der Waals surface area contributed by atoms with Gasteiger partial charge in [0.2, 0.25) is 0 Å². The van der Waals surface area contributed by atoms with Crippen molar-refractivity contribution in [2.45, 2.75) is 32.7 Å². The Balaban J connectivity index is 1.81. The topological polar surface area (TPSA) is 18.5 Å². The molecule has 6 heteroatoms. The van der Waals surface area contributed by atoms with Gasteiger partial charge in [0.05, 0.1) is 13.2 Å². The van der Waals surface area contributed by atoms with Gasteiger partial charge >= 0.3 is 6.18 Å². The van der Waals surface area contributed by atoms with Crippen LogP contribution >= 0.6 is 0 Å². The molecule has 168 valence electrons. The summed E-state index contributed by atoms with van der Waals surface area (Å²) in [4.78, 5) is 0. The van der Waals surface area contributed by atoms with Gasteiger partial charge in [0, 0.05) is 28.5 Å². The quantitative estimate of drug-likeness (QED) is 0.277.